The van der Waals surface area contributed by atoms with E-state index < -0.39 is 10.0 Å². The minimum absolute atomic E-state index is 0.0924. The molecule has 0 aliphatic rings. The number of anilines is 1. The average molecular weight is 490 g/mol. The van der Waals surface area contributed by atoms with Crippen molar-refractivity contribution in [1.29, 1.82) is 0 Å². The molecule has 0 amide bonds. The third-order valence-corrected chi connectivity index (χ3v) is 6.88. The standard InChI is InChI=1S/C17H11Cl3N4O3S2/c1-27-14-5-3-10(19)7-15(14)29(25,26)23-16-21-17-24(22-16)13(8-28-17)11-4-2-9(18)6-12(11)20/h2-8H,1H3,(H,22,23). The second kappa shape index (κ2) is 7.66. The number of nitrogens with zero attached hydrogens (tertiary/aromatic N) is 3. The third-order valence-electron chi connectivity index (χ3n) is 3.93. The number of thiazole rings is 1. The van der Waals surface area contributed by atoms with E-state index in [2.05, 4.69) is 14.8 Å². The maximum absolute atomic E-state index is 12.8. The third kappa shape index (κ3) is 3.88. The predicted octanol–water partition coefficient (Wildman–Crippen LogP) is 5.23. The first-order valence-corrected chi connectivity index (χ1v) is 11.4. The monoisotopic (exact) mass is 488 g/mol. The number of aromatic nitrogens is 3. The van der Waals surface area contributed by atoms with Gasteiger partial charge in [0.1, 0.15) is 10.6 Å². The summed E-state index contributed by atoms with van der Waals surface area (Å²) in [6.07, 6.45) is 0. The van der Waals surface area contributed by atoms with Crippen LogP contribution in [0.1, 0.15) is 0 Å². The molecule has 4 aromatic rings. The van der Waals surface area contributed by atoms with E-state index in [0.717, 1.165) is 0 Å². The van der Waals surface area contributed by atoms with Crippen LogP contribution in [0.3, 0.4) is 0 Å². The summed E-state index contributed by atoms with van der Waals surface area (Å²) in [6, 6.07) is 9.38. The first-order chi connectivity index (χ1) is 13.8. The van der Waals surface area contributed by atoms with E-state index in [-0.39, 0.29) is 21.6 Å². The molecule has 2 aromatic heterocycles. The Labute approximate surface area is 184 Å². The van der Waals surface area contributed by atoms with E-state index in [1.807, 2.05) is 5.38 Å². The van der Waals surface area contributed by atoms with Gasteiger partial charge in [0, 0.05) is 21.0 Å². The van der Waals surface area contributed by atoms with Crippen molar-refractivity contribution in [3.8, 4) is 17.0 Å². The topological polar surface area (TPSA) is 85.6 Å². The fourth-order valence-electron chi connectivity index (χ4n) is 2.64. The number of fused-ring (bicyclic) bond motifs is 1. The Kier molecular flexibility index (Phi) is 5.34. The lowest BCUT2D eigenvalue weighted by Crippen LogP contribution is -2.15. The molecule has 0 saturated heterocycles. The van der Waals surface area contributed by atoms with Gasteiger partial charge in [0.25, 0.3) is 16.0 Å². The number of rotatable bonds is 5. The van der Waals surface area contributed by atoms with E-state index in [9.17, 15) is 8.42 Å². The number of hydrogen-bond acceptors (Lipinski definition) is 6. The number of benzene rings is 2. The van der Waals surface area contributed by atoms with Gasteiger partial charge in [0.05, 0.1) is 17.8 Å². The lowest BCUT2D eigenvalue weighted by molar-refractivity contribution is 0.403. The van der Waals surface area contributed by atoms with Gasteiger partial charge in [-0.15, -0.1) is 16.4 Å². The molecule has 2 aromatic carbocycles. The summed E-state index contributed by atoms with van der Waals surface area (Å²) in [7, 11) is -2.66. The fraction of sp³-hybridized carbons (Fsp3) is 0.0588. The zero-order valence-corrected chi connectivity index (χ0v) is 18.5. The Hall–Kier alpha value is -2.04. The first kappa shape index (κ1) is 20.2. The first-order valence-electron chi connectivity index (χ1n) is 7.94. The highest BCUT2D eigenvalue weighted by atomic mass is 35.5. The molecule has 4 rings (SSSR count). The van der Waals surface area contributed by atoms with E-state index in [1.54, 1.807) is 18.2 Å². The van der Waals surface area contributed by atoms with Crippen LogP contribution in [-0.2, 0) is 10.0 Å². The Morgan fingerprint density at radius 1 is 1.10 bits per heavy atom. The summed E-state index contributed by atoms with van der Waals surface area (Å²) in [4.78, 5) is 4.60. The lowest BCUT2D eigenvalue weighted by Gasteiger charge is -2.09. The van der Waals surface area contributed by atoms with Crippen molar-refractivity contribution >= 4 is 67.1 Å². The van der Waals surface area contributed by atoms with Gasteiger partial charge >= 0.3 is 0 Å². The van der Waals surface area contributed by atoms with E-state index in [0.29, 0.717) is 26.3 Å². The molecule has 0 spiro atoms. The summed E-state index contributed by atoms with van der Waals surface area (Å²) in [5.41, 5.74) is 1.35. The minimum atomic E-state index is -4.03. The van der Waals surface area contributed by atoms with Crippen LogP contribution in [0.2, 0.25) is 15.1 Å². The van der Waals surface area contributed by atoms with Crippen LogP contribution in [0.4, 0.5) is 5.95 Å². The fourth-order valence-corrected chi connectivity index (χ4v) is 5.34. The molecular weight excluding hydrogens is 479 g/mol. The Morgan fingerprint density at radius 2 is 1.83 bits per heavy atom. The van der Waals surface area contributed by atoms with Crippen molar-refractivity contribution in [2.45, 2.75) is 4.90 Å². The number of sulfonamides is 1. The maximum atomic E-state index is 12.8. The van der Waals surface area contributed by atoms with Crippen LogP contribution < -0.4 is 9.46 Å². The number of hydrogen-bond donors (Lipinski definition) is 1. The van der Waals surface area contributed by atoms with E-state index in [1.165, 1.54) is 41.2 Å². The van der Waals surface area contributed by atoms with Gasteiger partial charge in [-0.2, -0.15) is 4.98 Å². The van der Waals surface area contributed by atoms with E-state index in [4.69, 9.17) is 39.5 Å². The van der Waals surface area contributed by atoms with Crippen molar-refractivity contribution in [2.75, 3.05) is 11.8 Å². The molecule has 7 nitrogen and oxygen atoms in total. The lowest BCUT2D eigenvalue weighted by atomic mass is 10.2. The minimum Gasteiger partial charge on any atom is -0.495 e. The summed E-state index contributed by atoms with van der Waals surface area (Å²) in [6.45, 7) is 0. The van der Waals surface area contributed by atoms with Gasteiger partial charge in [-0.05, 0) is 36.4 Å². The number of halogens is 3. The van der Waals surface area contributed by atoms with Crippen LogP contribution in [0.25, 0.3) is 16.2 Å². The zero-order valence-electron chi connectivity index (χ0n) is 14.6. The van der Waals surface area contributed by atoms with Gasteiger partial charge in [-0.25, -0.2) is 17.7 Å². The Bertz CT molecular complexity index is 1340. The molecule has 0 radical (unpaired) electrons. The molecule has 0 atom stereocenters. The summed E-state index contributed by atoms with van der Waals surface area (Å²) >= 11 is 19.5. The van der Waals surface area contributed by atoms with Crippen LogP contribution in [0.5, 0.6) is 5.75 Å². The molecule has 0 unspecified atom stereocenters. The molecule has 29 heavy (non-hydrogen) atoms. The summed E-state index contributed by atoms with van der Waals surface area (Å²) in [5.74, 6) is 0.0572. The Morgan fingerprint density at radius 3 is 2.55 bits per heavy atom. The quantitative estimate of drug-likeness (QED) is 0.415. The Balaban J connectivity index is 1.73. The molecule has 0 saturated carbocycles. The van der Waals surface area contributed by atoms with Gasteiger partial charge in [-0.3, -0.25) is 0 Å². The van der Waals surface area contributed by atoms with Crippen molar-refractivity contribution in [3.05, 3.63) is 56.8 Å². The van der Waals surface area contributed by atoms with Crippen molar-refractivity contribution in [1.82, 2.24) is 14.6 Å². The number of ether oxygens (including phenoxy) is 1. The van der Waals surface area contributed by atoms with E-state index >= 15 is 0 Å². The van der Waals surface area contributed by atoms with Crippen molar-refractivity contribution in [3.63, 3.8) is 0 Å². The summed E-state index contributed by atoms with van der Waals surface area (Å²) < 4.78 is 34.6. The molecule has 12 heteroatoms. The SMILES string of the molecule is COc1ccc(Cl)cc1S(=O)(=O)Nc1nc2scc(-c3ccc(Cl)cc3Cl)n2n1. The summed E-state index contributed by atoms with van der Waals surface area (Å²) in [5, 5.41) is 7.29. The second-order valence-electron chi connectivity index (χ2n) is 5.78. The average Bonchev–Trinajstić information content (AvgIpc) is 3.22. The molecule has 150 valence electrons. The van der Waals surface area contributed by atoms with Crippen LogP contribution >= 0.6 is 46.1 Å². The smallest absolute Gasteiger partial charge is 0.268 e. The number of methoxy groups -OCH3 is 1. The van der Waals surface area contributed by atoms with Gasteiger partial charge in [0.2, 0.25) is 4.96 Å². The van der Waals surface area contributed by atoms with Gasteiger partial charge < -0.3 is 4.74 Å². The van der Waals surface area contributed by atoms with Gasteiger partial charge in [0.15, 0.2) is 0 Å². The number of nitrogens with one attached hydrogen (secondary N) is 1. The normalized spacial score (nSPS) is 11.7. The molecule has 2 heterocycles. The highest BCUT2D eigenvalue weighted by Crippen LogP contribution is 2.33. The van der Waals surface area contributed by atoms with Crippen molar-refractivity contribution < 1.29 is 13.2 Å². The van der Waals surface area contributed by atoms with Crippen LogP contribution in [0, 0.1) is 0 Å². The van der Waals surface area contributed by atoms with Crippen LogP contribution in [0.15, 0.2) is 46.7 Å². The molecule has 0 fully saturated rings. The zero-order chi connectivity index (χ0) is 20.8. The van der Waals surface area contributed by atoms with Gasteiger partial charge in [-0.1, -0.05) is 34.8 Å². The predicted molar refractivity (Wildman–Crippen MR) is 115 cm³/mol. The maximum Gasteiger partial charge on any atom is 0.268 e. The second-order valence-corrected chi connectivity index (χ2v) is 9.54. The molecular formula is C17H11Cl3N4O3S2. The molecule has 1 N–H and O–H groups in total. The van der Waals surface area contributed by atoms with Crippen molar-refractivity contribution in [2.24, 2.45) is 0 Å². The largest absolute Gasteiger partial charge is 0.495 e. The molecule has 0 aliphatic heterocycles. The van der Waals surface area contributed by atoms with Crippen LogP contribution in [-0.4, -0.2) is 30.1 Å². The highest BCUT2D eigenvalue weighted by molar-refractivity contribution is 7.92. The molecule has 0 bridgehead atoms. The molecule has 0 aliphatic carbocycles. The highest BCUT2D eigenvalue weighted by Gasteiger charge is 2.23.